The van der Waals surface area contributed by atoms with E-state index >= 15 is 0 Å². The molecule has 3 rings (SSSR count). The smallest absolute Gasteiger partial charge is 0.259 e. The Morgan fingerprint density at radius 1 is 1.39 bits per heavy atom. The maximum absolute atomic E-state index is 6.10. The molecule has 1 aliphatic heterocycles. The quantitative estimate of drug-likeness (QED) is 0.845. The van der Waals surface area contributed by atoms with E-state index in [1.54, 1.807) is 18.2 Å². The van der Waals surface area contributed by atoms with Crippen molar-refractivity contribution in [3.05, 3.63) is 29.0 Å². The highest BCUT2D eigenvalue weighted by molar-refractivity contribution is 6.33. The van der Waals surface area contributed by atoms with Gasteiger partial charge in [0.2, 0.25) is 0 Å². The number of hydrogen-bond acceptors (Lipinski definition) is 5. The minimum absolute atomic E-state index is 0.218. The molecule has 1 aromatic carbocycles. The van der Waals surface area contributed by atoms with Crippen molar-refractivity contribution in [2.75, 3.05) is 18.9 Å². The zero-order chi connectivity index (χ0) is 12.5. The van der Waals surface area contributed by atoms with Crippen LogP contribution in [-0.4, -0.2) is 23.4 Å². The van der Waals surface area contributed by atoms with E-state index in [-0.39, 0.29) is 5.92 Å². The van der Waals surface area contributed by atoms with Crippen LogP contribution in [0.1, 0.15) is 18.2 Å². The number of nitrogens with two attached hydrogens (primary N) is 1. The van der Waals surface area contributed by atoms with Crippen LogP contribution in [0.15, 0.2) is 22.7 Å². The maximum atomic E-state index is 6.10. The van der Waals surface area contributed by atoms with Crippen molar-refractivity contribution in [3.63, 3.8) is 0 Å². The van der Waals surface area contributed by atoms with Crippen LogP contribution in [0.4, 0.5) is 5.69 Å². The third-order valence-electron chi connectivity index (χ3n) is 2.96. The number of benzene rings is 1. The summed E-state index contributed by atoms with van der Waals surface area (Å²) in [4.78, 5) is 4.37. The third kappa shape index (κ3) is 2.07. The Labute approximate surface area is 109 Å². The van der Waals surface area contributed by atoms with Gasteiger partial charge in [0.25, 0.3) is 5.89 Å². The monoisotopic (exact) mass is 265 g/mol. The lowest BCUT2D eigenvalue weighted by Crippen LogP contribution is -1.99. The van der Waals surface area contributed by atoms with Crippen molar-refractivity contribution < 1.29 is 9.26 Å². The molecule has 1 aliphatic rings. The van der Waals surface area contributed by atoms with Gasteiger partial charge in [0.1, 0.15) is 0 Å². The zero-order valence-electron chi connectivity index (χ0n) is 9.60. The second kappa shape index (κ2) is 4.59. The van der Waals surface area contributed by atoms with E-state index < -0.39 is 0 Å². The summed E-state index contributed by atoms with van der Waals surface area (Å²) in [7, 11) is 0. The lowest BCUT2D eigenvalue weighted by atomic mass is 10.1. The van der Waals surface area contributed by atoms with Crippen LogP contribution in [0.2, 0.25) is 5.02 Å². The van der Waals surface area contributed by atoms with Gasteiger partial charge in [-0.2, -0.15) is 4.98 Å². The predicted molar refractivity (Wildman–Crippen MR) is 67.3 cm³/mol. The Morgan fingerprint density at radius 2 is 2.28 bits per heavy atom. The molecule has 18 heavy (non-hydrogen) atoms. The van der Waals surface area contributed by atoms with Crippen molar-refractivity contribution in [2.45, 2.75) is 12.3 Å². The fourth-order valence-electron chi connectivity index (χ4n) is 1.95. The van der Waals surface area contributed by atoms with Crippen molar-refractivity contribution >= 4 is 17.3 Å². The SMILES string of the molecule is Nc1ccc(-c2nc(C3CCOC3)no2)c(Cl)c1. The lowest BCUT2D eigenvalue weighted by molar-refractivity contribution is 0.192. The predicted octanol–water partition coefficient (Wildman–Crippen LogP) is 2.48. The minimum Gasteiger partial charge on any atom is -0.399 e. The summed E-state index contributed by atoms with van der Waals surface area (Å²) in [6.45, 7) is 1.39. The largest absolute Gasteiger partial charge is 0.399 e. The van der Waals surface area contributed by atoms with E-state index in [1.807, 2.05) is 0 Å². The number of rotatable bonds is 2. The molecule has 0 spiro atoms. The van der Waals surface area contributed by atoms with Crippen molar-refractivity contribution in [1.82, 2.24) is 10.1 Å². The summed E-state index contributed by atoms with van der Waals surface area (Å²) in [6.07, 6.45) is 0.925. The van der Waals surface area contributed by atoms with E-state index in [9.17, 15) is 0 Å². The zero-order valence-corrected chi connectivity index (χ0v) is 10.4. The van der Waals surface area contributed by atoms with Crippen LogP contribution in [0, 0.1) is 0 Å². The second-order valence-electron chi connectivity index (χ2n) is 4.26. The number of nitrogens with zero attached hydrogens (tertiary/aromatic N) is 2. The number of halogens is 1. The van der Waals surface area contributed by atoms with Gasteiger partial charge in [-0.3, -0.25) is 0 Å². The molecule has 1 aromatic heterocycles. The molecule has 0 amide bonds. The molecule has 2 aromatic rings. The topological polar surface area (TPSA) is 74.2 Å². The highest BCUT2D eigenvalue weighted by atomic mass is 35.5. The van der Waals surface area contributed by atoms with Crippen LogP contribution in [0.5, 0.6) is 0 Å². The molecule has 0 bridgehead atoms. The molecule has 0 aliphatic carbocycles. The van der Waals surface area contributed by atoms with Gasteiger partial charge >= 0.3 is 0 Å². The van der Waals surface area contributed by atoms with E-state index in [1.165, 1.54) is 0 Å². The van der Waals surface area contributed by atoms with E-state index in [4.69, 9.17) is 26.6 Å². The number of ether oxygens (including phenoxy) is 1. The molecule has 5 nitrogen and oxygen atoms in total. The van der Waals surface area contributed by atoms with Gasteiger partial charge in [-0.05, 0) is 24.6 Å². The molecule has 2 N–H and O–H groups in total. The molecule has 94 valence electrons. The average Bonchev–Trinajstić information content (AvgIpc) is 2.99. The summed E-state index contributed by atoms with van der Waals surface area (Å²) >= 11 is 6.10. The van der Waals surface area contributed by atoms with E-state index in [2.05, 4.69) is 10.1 Å². The molecule has 1 saturated heterocycles. The summed E-state index contributed by atoms with van der Waals surface area (Å²) in [5.74, 6) is 1.31. The standard InChI is InChI=1S/C12H12ClN3O2/c13-10-5-8(14)1-2-9(10)12-15-11(16-18-12)7-3-4-17-6-7/h1-2,5,7H,3-4,6,14H2. The van der Waals surface area contributed by atoms with Crippen LogP contribution in [0.3, 0.4) is 0 Å². The normalized spacial score (nSPS) is 19.3. The first-order valence-corrected chi connectivity index (χ1v) is 6.08. The van der Waals surface area contributed by atoms with Crippen molar-refractivity contribution in [2.24, 2.45) is 0 Å². The van der Waals surface area contributed by atoms with Crippen molar-refractivity contribution in [3.8, 4) is 11.5 Å². The van der Waals surface area contributed by atoms with Gasteiger partial charge in [0, 0.05) is 18.2 Å². The Bertz CT molecular complexity index is 564. The van der Waals surface area contributed by atoms with Gasteiger partial charge in [0.15, 0.2) is 5.82 Å². The first kappa shape index (κ1) is 11.5. The molecular formula is C12H12ClN3O2. The van der Waals surface area contributed by atoms with Crippen LogP contribution in [-0.2, 0) is 4.74 Å². The number of anilines is 1. The minimum atomic E-state index is 0.218. The fraction of sp³-hybridized carbons (Fsp3) is 0.333. The Morgan fingerprint density at radius 3 is 3.00 bits per heavy atom. The molecule has 1 fully saturated rings. The average molecular weight is 266 g/mol. The van der Waals surface area contributed by atoms with Gasteiger partial charge in [0.05, 0.1) is 17.2 Å². The van der Waals surface area contributed by atoms with Crippen LogP contribution in [0.25, 0.3) is 11.5 Å². The van der Waals surface area contributed by atoms with E-state index in [0.717, 1.165) is 13.0 Å². The lowest BCUT2D eigenvalue weighted by Gasteiger charge is -2.00. The van der Waals surface area contributed by atoms with Gasteiger partial charge in [-0.25, -0.2) is 0 Å². The highest BCUT2D eigenvalue weighted by Gasteiger charge is 2.23. The number of hydrogen-bond donors (Lipinski definition) is 1. The molecule has 6 heteroatoms. The van der Waals surface area contributed by atoms with Crippen molar-refractivity contribution in [1.29, 1.82) is 0 Å². The summed E-state index contributed by atoms with van der Waals surface area (Å²) in [6, 6.07) is 5.20. The van der Waals surface area contributed by atoms with Crippen LogP contribution >= 0.6 is 11.6 Å². The molecule has 1 unspecified atom stereocenters. The van der Waals surface area contributed by atoms with E-state index in [0.29, 0.717) is 34.6 Å². The number of nitrogen functional groups attached to an aromatic ring is 1. The van der Waals surface area contributed by atoms with Gasteiger partial charge in [-0.15, -0.1) is 0 Å². The van der Waals surface area contributed by atoms with Gasteiger partial charge in [-0.1, -0.05) is 16.8 Å². The first-order chi connectivity index (χ1) is 8.74. The highest BCUT2D eigenvalue weighted by Crippen LogP contribution is 2.30. The number of aromatic nitrogens is 2. The maximum Gasteiger partial charge on any atom is 0.259 e. The Balaban J connectivity index is 1.92. The molecule has 0 radical (unpaired) electrons. The van der Waals surface area contributed by atoms with Crippen LogP contribution < -0.4 is 5.73 Å². The molecule has 0 saturated carbocycles. The Hall–Kier alpha value is -1.59. The summed E-state index contributed by atoms with van der Waals surface area (Å²) < 4.78 is 10.5. The molecule has 1 atom stereocenters. The summed E-state index contributed by atoms with van der Waals surface area (Å²) in [5, 5.41) is 4.49. The Kier molecular flexibility index (Phi) is 2.93. The van der Waals surface area contributed by atoms with Gasteiger partial charge < -0.3 is 15.0 Å². The fourth-order valence-corrected chi connectivity index (χ4v) is 2.22. The summed E-state index contributed by atoms with van der Waals surface area (Å²) in [5.41, 5.74) is 6.94. The first-order valence-electron chi connectivity index (χ1n) is 5.71. The molecule has 2 heterocycles. The second-order valence-corrected chi connectivity index (χ2v) is 4.66. The third-order valence-corrected chi connectivity index (χ3v) is 3.27. The molecular weight excluding hydrogens is 254 g/mol.